The molecule has 0 aromatic rings. The van der Waals surface area contributed by atoms with Gasteiger partial charge in [-0.1, -0.05) is 25.5 Å². The summed E-state index contributed by atoms with van der Waals surface area (Å²) < 4.78 is 0. The molecule has 0 radical (unpaired) electrons. The van der Waals surface area contributed by atoms with Gasteiger partial charge >= 0.3 is 0 Å². The number of fused-ring (bicyclic) bond motifs is 1. The minimum atomic E-state index is 0.332. The van der Waals surface area contributed by atoms with Gasteiger partial charge in [0, 0.05) is 12.5 Å². The Morgan fingerprint density at radius 2 is 2.25 bits per heavy atom. The quantitative estimate of drug-likeness (QED) is 0.592. The lowest BCUT2D eigenvalue weighted by Gasteiger charge is -2.58. The van der Waals surface area contributed by atoms with Crippen molar-refractivity contribution in [3.8, 4) is 0 Å². The smallest absolute Gasteiger partial charge is 0.0496 e. The highest BCUT2D eigenvalue weighted by Crippen LogP contribution is 2.60. The molecule has 12 heavy (non-hydrogen) atoms. The summed E-state index contributed by atoms with van der Waals surface area (Å²) >= 11 is 0. The van der Waals surface area contributed by atoms with E-state index in [0.29, 0.717) is 17.9 Å². The van der Waals surface area contributed by atoms with Crippen LogP contribution in [0.5, 0.6) is 0 Å². The third kappa shape index (κ3) is 0.832. The highest BCUT2D eigenvalue weighted by atomic mass is 16.3. The second-order valence-electron chi connectivity index (χ2n) is 4.97. The van der Waals surface area contributed by atoms with Crippen LogP contribution in [0.3, 0.4) is 0 Å². The zero-order valence-electron chi connectivity index (χ0n) is 8.17. The number of rotatable bonds is 1. The maximum absolute atomic E-state index is 9.19. The van der Waals surface area contributed by atoms with Gasteiger partial charge < -0.3 is 5.11 Å². The lowest BCUT2D eigenvalue weighted by atomic mass is 9.46. The maximum atomic E-state index is 9.19. The fourth-order valence-corrected chi connectivity index (χ4v) is 3.21. The van der Waals surface area contributed by atoms with Crippen molar-refractivity contribution in [2.75, 3.05) is 6.61 Å². The molecule has 1 nitrogen and oxygen atoms in total. The number of hydrogen-bond acceptors (Lipinski definition) is 1. The Labute approximate surface area is 74.5 Å². The summed E-state index contributed by atoms with van der Waals surface area (Å²) in [6, 6.07) is 0. The topological polar surface area (TPSA) is 20.2 Å². The molecule has 68 valence electrons. The third-order valence-electron chi connectivity index (χ3n) is 4.10. The summed E-state index contributed by atoms with van der Waals surface area (Å²) in [5.74, 6) is 1.96. The maximum Gasteiger partial charge on any atom is 0.0496 e. The fourth-order valence-electron chi connectivity index (χ4n) is 3.21. The Kier molecular flexibility index (Phi) is 1.63. The standard InChI is InChI=1S/C11H18O/c1-7-4-8(6-12)10-5-9(7)11(10,2)3/h4,8-10,12H,5-6H2,1-3H3/t8-,9+,10-/m1/s1. The second kappa shape index (κ2) is 2.35. The van der Waals surface area contributed by atoms with Crippen molar-refractivity contribution < 1.29 is 5.11 Å². The van der Waals surface area contributed by atoms with Crippen LogP contribution in [0.1, 0.15) is 27.2 Å². The average Bonchev–Trinajstić information content (AvgIpc) is 2.02. The number of hydrogen-bond donors (Lipinski definition) is 1. The molecule has 3 aliphatic carbocycles. The van der Waals surface area contributed by atoms with Crippen LogP contribution in [0.25, 0.3) is 0 Å². The van der Waals surface area contributed by atoms with Crippen LogP contribution in [0.4, 0.5) is 0 Å². The molecule has 0 aromatic heterocycles. The summed E-state index contributed by atoms with van der Waals surface area (Å²) in [4.78, 5) is 0. The Hall–Kier alpha value is -0.300. The SMILES string of the molecule is CC1=C[C@H](CO)[C@H]2C[C@@H]1C2(C)C. The molecule has 0 amide bonds. The van der Waals surface area contributed by atoms with Gasteiger partial charge in [-0.15, -0.1) is 0 Å². The molecule has 0 spiro atoms. The van der Waals surface area contributed by atoms with Gasteiger partial charge in [-0.3, -0.25) is 0 Å². The summed E-state index contributed by atoms with van der Waals surface area (Å²) in [6.07, 6.45) is 3.59. The molecule has 0 aliphatic heterocycles. The van der Waals surface area contributed by atoms with Crippen molar-refractivity contribution in [1.29, 1.82) is 0 Å². The van der Waals surface area contributed by atoms with Crippen molar-refractivity contribution in [3.63, 3.8) is 0 Å². The molecule has 3 aliphatic rings. The van der Waals surface area contributed by atoms with Crippen LogP contribution in [-0.4, -0.2) is 11.7 Å². The first kappa shape index (κ1) is 8.31. The summed E-state index contributed by atoms with van der Waals surface area (Å²) in [5.41, 5.74) is 1.95. The van der Waals surface area contributed by atoms with Gasteiger partial charge in [0.15, 0.2) is 0 Å². The largest absolute Gasteiger partial charge is 0.396 e. The van der Waals surface area contributed by atoms with Crippen LogP contribution >= 0.6 is 0 Å². The molecule has 3 rings (SSSR count). The van der Waals surface area contributed by atoms with E-state index in [4.69, 9.17) is 0 Å². The molecule has 0 saturated heterocycles. The molecule has 1 N–H and O–H groups in total. The monoisotopic (exact) mass is 166 g/mol. The van der Waals surface area contributed by atoms with Crippen molar-refractivity contribution >= 4 is 0 Å². The molecule has 0 unspecified atom stereocenters. The van der Waals surface area contributed by atoms with Crippen molar-refractivity contribution in [2.24, 2.45) is 23.2 Å². The van der Waals surface area contributed by atoms with Gasteiger partial charge in [-0.2, -0.15) is 0 Å². The second-order valence-corrected chi connectivity index (χ2v) is 4.97. The van der Waals surface area contributed by atoms with Crippen molar-refractivity contribution in [3.05, 3.63) is 11.6 Å². The molecule has 1 saturated carbocycles. The number of aliphatic hydroxyl groups is 1. The summed E-state index contributed by atoms with van der Waals surface area (Å²) in [6.45, 7) is 7.22. The molecule has 1 fully saturated rings. The normalized spacial score (nSPS) is 43.3. The molecule has 1 heteroatoms. The highest BCUT2D eigenvalue weighted by molar-refractivity contribution is 5.24. The van der Waals surface area contributed by atoms with E-state index in [-0.39, 0.29) is 0 Å². The predicted molar refractivity (Wildman–Crippen MR) is 49.7 cm³/mol. The van der Waals surface area contributed by atoms with Gasteiger partial charge in [0.25, 0.3) is 0 Å². The van der Waals surface area contributed by atoms with E-state index in [9.17, 15) is 5.11 Å². The Balaban J connectivity index is 2.29. The van der Waals surface area contributed by atoms with E-state index in [2.05, 4.69) is 26.8 Å². The number of allylic oxidation sites excluding steroid dienone is 1. The molecular weight excluding hydrogens is 148 g/mol. The summed E-state index contributed by atoms with van der Waals surface area (Å²) in [7, 11) is 0. The van der Waals surface area contributed by atoms with Gasteiger partial charge in [0.1, 0.15) is 0 Å². The van der Waals surface area contributed by atoms with E-state index < -0.39 is 0 Å². The molecule has 3 atom stereocenters. The van der Waals surface area contributed by atoms with Crippen LogP contribution in [0.15, 0.2) is 11.6 Å². The van der Waals surface area contributed by atoms with Gasteiger partial charge in [0.05, 0.1) is 0 Å². The average molecular weight is 166 g/mol. The first-order valence-electron chi connectivity index (χ1n) is 4.86. The Morgan fingerprint density at radius 1 is 1.58 bits per heavy atom. The van der Waals surface area contributed by atoms with Crippen molar-refractivity contribution in [1.82, 2.24) is 0 Å². The Morgan fingerprint density at radius 3 is 2.67 bits per heavy atom. The first-order valence-corrected chi connectivity index (χ1v) is 4.86. The van der Waals surface area contributed by atoms with E-state index in [1.54, 1.807) is 0 Å². The van der Waals surface area contributed by atoms with Gasteiger partial charge in [-0.05, 0) is 30.6 Å². The van der Waals surface area contributed by atoms with E-state index in [1.165, 1.54) is 12.0 Å². The fraction of sp³-hybridized carbons (Fsp3) is 0.818. The van der Waals surface area contributed by atoms with Gasteiger partial charge in [0.2, 0.25) is 0 Å². The first-order chi connectivity index (χ1) is 5.57. The molecule has 2 bridgehead atoms. The summed E-state index contributed by atoms with van der Waals surface area (Å²) in [5, 5.41) is 9.19. The van der Waals surface area contributed by atoms with E-state index in [0.717, 1.165) is 11.8 Å². The van der Waals surface area contributed by atoms with E-state index in [1.807, 2.05) is 0 Å². The highest BCUT2D eigenvalue weighted by Gasteiger charge is 2.53. The van der Waals surface area contributed by atoms with E-state index >= 15 is 0 Å². The zero-order chi connectivity index (χ0) is 8.93. The number of aliphatic hydroxyl groups excluding tert-OH is 1. The predicted octanol–water partition coefficient (Wildman–Crippen LogP) is 2.22. The zero-order valence-corrected chi connectivity index (χ0v) is 8.17. The molecule has 0 aromatic carbocycles. The van der Waals surface area contributed by atoms with Crippen molar-refractivity contribution in [2.45, 2.75) is 27.2 Å². The van der Waals surface area contributed by atoms with Crippen LogP contribution in [-0.2, 0) is 0 Å². The Bertz CT molecular complexity index is 227. The molecular formula is C11H18O. The van der Waals surface area contributed by atoms with Crippen LogP contribution < -0.4 is 0 Å². The minimum Gasteiger partial charge on any atom is -0.396 e. The van der Waals surface area contributed by atoms with Gasteiger partial charge in [-0.25, -0.2) is 0 Å². The lowest BCUT2D eigenvalue weighted by molar-refractivity contribution is -0.0524. The minimum absolute atomic E-state index is 0.332. The third-order valence-corrected chi connectivity index (χ3v) is 4.10. The lowest BCUT2D eigenvalue weighted by Crippen LogP contribution is -2.52. The molecule has 0 heterocycles. The van der Waals surface area contributed by atoms with Crippen LogP contribution in [0.2, 0.25) is 0 Å². The van der Waals surface area contributed by atoms with Crippen LogP contribution in [0, 0.1) is 23.2 Å².